The predicted octanol–water partition coefficient (Wildman–Crippen LogP) is 4.06. The van der Waals surface area contributed by atoms with Gasteiger partial charge in [-0.15, -0.1) is 0 Å². The highest BCUT2D eigenvalue weighted by Crippen LogP contribution is 2.31. The second-order valence-electron chi connectivity index (χ2n) is 4.58. The molecule has 20 heavy (non-hydrogen) atoms. The monoisotopic (exact) mass is 263 g/mol. The first-order valence-electron chi connectivity index (χ1n) is 6.31. The lowest BCUT2D eigenvalue weighted by Crippen LogP contribution is -1.93. The number of hydrogen-bond acceptors (Lipinski definition) is 2. The second kappa shape index (κ2) is 5.21. The lowest BCUT2D eigenvalue weighted by atomic mass is 9.99. The minimum Gasteiger partial charge on any atom is -0.233 e. The molecule has 0 saturated carbocycles. The van der Waals surface area contributed by atoms with Crippen molar-refractivity contribution in [3.05, 3.63) is 72.4 Å². The summed E-state index contributed by atoms with van der Waals surface area (Å²) in [5.74, 6) is -0.298. The molecule has 3 aromatic rings. The van der Waals surface area contributed by atoms with Crippen LogP contribution in [0.4, 0.5) is 4.39 Å². The Kier molecular flexibility index (Phi) is 3.25. The Morgan fingerprint density at radius 2 is 1.85 bits per heavy atom. The molecule has 0 amide bonds. The van der Waals surface area contributed by atoms with Crippen LogP contribution < -0.4 is 0 Å². The summed E-state index contributed by atoms with van der Waals surface area (Å²) in [4.78, 5) is 8.09. The fraction of sp³-hybridized carbons (Fsp3) is 0.0588. The third-order valence-corrected chi connectivity index (χ3v) is 3.13. The van der Waals surface area contributed by atoms with Gasteiger partial charge in [-0.25, -0.2) is 14.4 Å². The van der Waals surface area contributed by atoms with E-state index in [0.29, 0.717) is 11.3 Å². The number of hydrogen-bond donors (Lipinski definition) is 0. The van der Waals surface area contributed by atoms with Crippen LogP contribution in [0.1, 0.15) is 5.56 Å². The highest BCUT2D eigenvalue weighted by atomic mass is 19.1. The number of benzene rings is 2. The number of aromatic nitrogens is 2. The summed E-state index contributed by atoms with van der Waals surface area (Å²) in [5, 5.41) is 0. The molecule has 2 nitrogen and oxygen atoms in total. The van der Waals surface area contributed by atoms with Crippen molar-refractivity contribution in [1.29, 1.82) is 0 Å². The van der Waals surface area contributed by atoms with Crippen LogP contribution in [-0.4, -0.2) is 9.97 Å². The molecule has 0 aliphatic heterocycles. The molecule has 0 fully saturated rings. The molecule has 0 saturated heterocycles. The van der Waals surface area contributed by atoms with Crippen LogP contribution in [0.5, 0.6) is 0 Å². The summed E-state index contributed by atoms with van der Waals surface area (Å²) in [6, 6.07) is 14.6. The maximum Gasteiger partial charge on any atom is 0.198 e. The first-order chi connectivity index (χ1) is 9.75. The van der Waals surface area contributed by atoms with Crippen molar-refractivity contribution >= 4 is 0 Å². The lowest BCUT2D eigenvalue weighted by molar-refractivity contribution is 0.630. The molecule has 1 heterocycles. The Bertz CT molecular complexity index is 753. The molecule has 0 aliphatic carbocycles. The molecular formula is C17H12FN2. The summed E-state index contributed by atoms with van der Waals surface area (Å²) < 4.78 is 14.0. The first-order valence-corrected chi connectivity index (χ1v) is 6.31. The van der Waals surface area contributed by atoms with Gasteiger partial charge in [0.05, 0.1) is 5.69 Å². The van der Waals surface area contributed by atoms with E-state index >= 15 is 0 Å². The molecule has 0 aliphatic rings. The molecule has 0 bridgehead atoms. The number of nitrogens with zero attached hydrogens (tertiary/aromatic N) is 2. The van der Waals surface area contributed by atoms with E-state index in [1.165, 1.54) is 6.07 Å². The fourth-order valence-corrected chi connectivity index (χ4v) is 2.18. The van der Waals surface area contributed by atoms with E-state index in [-0.39, 0.29) is 5.82 Å². The number of aryl methyl sites for hydroxylation is 1. The summed E-state index contributed by atoms with van der Waals surface area (Å²) in [5.41, 5.74) is 3.93. The molecular weight excluding hydrogens is 251 g/mol. The van der Waals surface area contributed by atoms with Gasteiger partial charge in [0.1, 0.15) is 5.82 Å². The van der Waals surface area contributed by atoms with E-state index in [4.69, 9.17) is 0 Å². The van der Waals surface area contributed by atoms with Gasteiger partial charge in [-0.3, -0.25) is 0 Å². The molecule has 1 radical (unpaired) electrons. The summed E-state index contributed by atoms with van der Waals surface area (Å²) >= 11 is 0. The average molecular weight is 263 g/mol. The minimum atomic E-state index is -0.298. The Morgan fingerprint density at radius 3 is 2.65 bits per heavy atom. The summed E-state index contributed by atoms with van der Waals surface area (Å²) in [6.07, 6.45) is 4.21. The molecule has 3 heteroatoms. The van der Waals surface area contributed by atoms with E-state index in [1.807, 2.05) is 31.2 Å². The smallest absolute Gasteiger partial charge is 0.198 e. The van der Waals surface area contributed by atoms with Crippen LogP contribution in [0, 0.1) is 19.1 Å². The Hall–Kier alpha value is -2.55. The van der Waals surface area contributed by atoms with Crippen LogP contribution in [0.3, 0.4) is 0 Å². The van der Waals surface area contributed by atoms with Gasteiger partial charge in [-0.1, -0.05) is 42.0 Å². The summed E-state index contributed by atoms with van der Waals surface area (Å²) in [6.45, 7) is 2.02. The topological polar surface area (TPSA) is 25.8 Å². The van der Waals surface area contributed by atoms with Crippen LogP contribution in [0.25, 0.3) is 22.4 Å². The number of halogens is 1. The third kappa shape index (κ3) is 2.30. The quantitative estimate of drug-likeness (QED) is 0.696. The Labute approximate surface area is 117 Å². The van der Waals surface area contributed by atoms with Gasteiger partial charge in [0.2, 0.25) is 0 Å². The lowest BCUT2D eigenvalue weighted by Gasteiger charge is -2.09. The van der Waals surface area contributed by atoms with Crippen molar-refractivity contribution in [2.75, 3.05) is 0 Å². The summed E-state index contributed by atoms with van der Waals surface area (Å²) in [7, 11) is 0. The predicted molar refractivity (Wildman–Crippen MR) is 76.4 cm³/mol. The van der Waals surface area contributed by atoms with Crippen molar-refractivity contribution in [1.82, 2.24) is 9.97 Å². The van der Waals surface area contributed by atoms with Crippen LogP contribution >= 0.6 is 0 Å². The van der Waals surface area contributed by atoms with Crippen molar-refractivity contribution in [2.24, 2.45) is 0 Å². The van der Waals surface area contributed by atoms with Crippen LogP contribution in [0.15, 0.2) is 54.7 Å². The third-order valence-electron chi connectivity index (χ3n) is 3.13. The standard InChI is InChI=1S/C17H12FN2/c1-12-5-4-6-13(9-12)15-10-19-11-20-17(15)14-7-2-3-8-16(14)18/h2-10H,1H3. The highest BCUT2D eigenvalue weighted by Gasteiger charge is 2.12. The van der Waals surface area contributed by atoms with E-state index in [2.05, 4.69) is 16.3 Å². The van der Waals surface area contributed by atoms with E-state index in [9.17, 15) is 4.39 Å². The zero-order valence-corrected chi connectivity index (χ0v) is 11.0. The fourth-order valence-electron chi connectivity index (χ4n) is 2.18. The molecule has 1 aromatic heterocycles. The first kappa shape index (κ1) is 12.5. The van der Waals surface area contributed by atoms with E-state index in [0.717, 1.165) is 16.7 Å². The van der Waals surface area contributed by atoms with Crippen molar-refractivity contribution in [3.63, 3.8) is 0 Å². The van der Waals surface area contributed by atoms with Crippen molar-refractivity contribution in [3.8, 4) is 22.4 Å². The maximum absolute atomic E-state index is 14.0. The van der Waals surface area contributed by atoms with Gasteiger partial charge in [-0.2, -0.15) is 0 Å². The van der Waals surface area contributed by atoms with Crippen molar-refractivity contribution < 1.29 is 4.39 Å². The molecule has 3 rings (SSSR count). The molecule has 0 N–H and O–H groups in total. The van der Waals surface area contributed by atoms with Crippen LogP contribution in [0.2, 0.25) is 0 Å². The Balaban J connectivity index is 2.22. The maximum atomic E-state index is 14.0. The van der Waals surface area contributed by atoms with Gasteiger partial charge < -0.3 is 0 Å². The second-order valence-corrected chi connectivity index (χ2v) is 4.58. The molecule has 97 valence electrons. The normalized spacial score (nSPS) is 10.5. The zero-order valence-electron chi connectivity index (χ0n) is 11.0. The van der Waals surface area contributed by atoms with E-state index < -0.39 is 0 Å². The van der Waals surface area contributed by atoms with Gasteiger partial charge in [0.25, 0.3) is 0 Å². The molecule has 0 spiro atoms. The number of rotatable bonds is 2. The zero-order chi connectivity index (χ0) is 13.9. The molecule has 0 unspecified atom stereocenters. The van der Waals surface area contributed by atoms with Crippen molar-refractivity contribution in [2.45, 2.75) is 6.92 Å². The molecule has 2 aromatic carbocycles. The Morgan fingerprint density at radius 1 is 1.00 bits per heavy atom. The van der Waals surface area contributed by atoms with Gasteiger partial charge in [0.15, 0.2) is 6.33 Å². The van der Waals surface area contributed by atoms with Gasteiger partial charge >= 0.3 is 0 Å². The van der Waals surface area contributed by atoms with Crippen LogP contribution in [-0.2, 0) is 0 Å². The minimum absolute atomic E-state index is 0.298. The van der Waals surface area contributed by atoms with Gasteiger partial charge in [0, 0.05) is 17.3 Å². The van der Waals surface area contributed by atoms with Gasteiger partial charge in [-0.05, 0) is 24.6 Å². The van der Waals surface area contributed by atoms with E-state index in [1.54, 1.807) is 24.4 Å². The largest absolute Gasteiger partial charge is 0.233 e. The molecule has 0 atom stereocenters. The highest BCUT2D eigenvalue weighted by molar-refractivity contribution is 5.80. The SMILES string of the molecule is Cc1cccc(-c2cn[c]nc2-c2ccccc2F)c1. The average Bonchev–Trinajstić information content (AvgIpc) is 2.48.